The maximum absolute atomic E-state index is 11.8. The van der Waals surface area contributed by atoms with Gasteiger partial charge in [0, 0.05) is 23.1 Å². The van der Waals surface area contributed by atoms with Crippen molar-refractivity contribution >= 4 is 27.7 Å². The Labute approximate surface area is 104 Å². The molecular weight excluding hydrogens is 270 g/mol. The highest BCUT2D eigenvalue weighted by Crippen LogP contribution is 2.28. The largest absolute Gasteiger partial charge is 0.443 e. The zero-order chi connectivity index (χ0) is 11.8. The van der Waals surface area contributed by atoms with Gasteiger partial charge in [-0.1, -0.05) is 22.0 Å². The van der Waals surface area contributed by atoms with Gasteiger partial charge in [0.2, 0.25) is 0 Å². The Balaban J connectivity index is 2.21. The van der Waals surface area contributed by atoms with Crippen molar-refractivity contribution in [2.45, 2.75) is 25.9 Å². The van der Waals surface area contributed by atoms with E-state index in [9.17, 15) is 4.79 Å². The number of benzene rings is 1. The van der Waals surface area contributed by atoms with Crippen molar-refractivity contribution in [2.24, 2.45) is 0 Å². The van der Waals surface area contributed by atoms with Crippen LogP contribution in [0.2, 0.25) is 0 Å². The highest BCUT2D eigenvalue weighted by atomic mass is 79.9. The van der Waals surface area contributed by atoms with Crippen LogP contribution in [0.15, 0.2) is 28.7 Å². The number of carbonyl (C=O) groups is 1. The SMILES string of the molecule is CC1(C)CCN(c2cccc(Br)c2)C(=O)O1. The summed E-state index contributed by atoms with van der Waals surface area (Å²) in [5.41, 5.74) is 0.523. The van der Waals surface area contributed by atoms with E-state index in [2.05, 4.69) is 15.9 Å². The van der Waals surface area contributed by atoms with Crippen LogP contribution < -0.4 is 4.90 Å². The Morgan fingerprint density at radius 3 is 2.81 bits per heavy atom. The third kappa shape index (κ3) is 2.38. The van der Waals surface area contributed by atoms with Gasteiger partial charge in [-0.3, -0.25) is 4.90 Å². The Hall–Kier alpha value is -1.03. The predicted molar refractivity (Wildman–Crippen MR) is 66.7 cm³/mol. The lowest BCUT2D eigenvalue weighted by atomic mass is 10.0. The van der Waals surface area contributed by atoms with E-state index < -0.39 is 0 Å². The van der Waals surface area contributed by atoms with Crippen molar-refractivity contribution in [3.8, 4) is 0 Å². The van der Waals surface area contributed by atoms with Gasteiger partial charge in [0.25, 0.3) is 0 Å². The molecule has 0 unspecified atom stereocenters. The Morgan fingerprint density at radius 2 is 2.19 bits per heavy atom. The molecule has 3 nitrogen and oxygen atoms in total. The summed E-state index contributed by atoms with van der Waals surface area (Å²) in [5.74, 6) is 0. The molecule has 1 fully saturated rings. The normalized spacial score (nSPS) is 19.4. The van der Waals surface area contributed by atoms with Crippen molar-refractivity contribution in [3.63, 3.8) is 0 Å². The Bertz CT molecular complexity index is 417. The highest BCUT2D eigenvalue weighted by Gasteiger charge is 2.33. The van der Waals surface area contributed by atoms with Crippen LogP contribution in [0.4, 0.5) is 10.5 Å². The highest BCUT2D eigenvalue weighted by molar-refractivity contribution is 9.10. The molecule has 1 heterocycles. The van der Waals surface area contributed by atoms with Crippen LogP contribution >= 0.6 is 15.9 Å². The molecule has 1 aromatic carbocycles. The molecule has 2 rings (SSSR count). The van der Waals surface area contributed by atoms with Crippen LogP contribution in [-0.4, -0.2) is 18.2 Å². The molecule has 1 amide bonds. The van der Waals surface area contributed by atoms with Crippen LogP contribution in [0.1, 0.15) is 20.3 Å². The van der Waals surface area contributed by atoms with Gasteiger partial charge in [-0.2, -0.15) is 0 Å². The topological polar surface area (TPSA) is 29.5 Å². The second-order valence-corrected chi connectivity index (χ2v) is 5.42. The fourth-order valence-electron chi connectivity index (χ4n) is 1.69. The van der Waals surface area contributed by atoms with Gasteiger partial charge in [0.1, 0.15) is 5.60 Å². The van der Waals surface area contributed by atoms with E-state index >= 15 is 0 Å². The molecule has 16 heavy (non-hydrogen) atoms. The zero-order valence-corrected chi connectivity index (χ0v) is 11.0. The summed E-state index contributed by atoms with van der Waals surface area (Å²) in [4.78, 5) is 13.5. The molecule has 1 aliphatic rings. The number of rotatable bonds is 1. The molecule has 0 spiro atoms. The van der Waals surface area contributed by atoms with E-state index in [0.717, 1.165) is 16.6 Å². The third-order valence-electron chi connectivity index (χ3n) is 2.64. The van der Waals surface area contributed by atoms with Gasteiger partial charge < -0.3 is 4.74 Å². The molecule has 1 aliphatic heterocycles. The van der Waals surface area contributed by atoms with E-state index in [4.69, 9.17) is 4.74 Å². The second-order valence-electron chi connectivity index (χ2n) is 4.51. The number of ether oxygens (including phenoxy) is 1. The number of halogens is 1. The number of cyclic esters (lactones) is 1. The average Bonchev–Trinajstić information content (AvgIpc) is 2.15. The summed E-state index contributed by atoms with van der Waals surface area (Å²) in [6.07, 6.45) is 0.569. The van der Waals surface area contributed by atoms with E-state index in [0.29, 0.717) is 6.54 Å². The first kappa shape index (κ1) is 11.5. The zero-order valence-electron chi connectivity index (χ0n) is 9.37. The van der Waals surface area contributed by atoms with Crippen molar-refractivity contribution in [3.05, 3.63) is 28.7 Å². The summed E-state index contributed by atoms with van der Waals surface area (Å²) in [6, 6.07) is 7.67. The molecule has 0 bridgehead atoms. The summed E-state index contributed by atoms with van der Waals surface area (Å²) < 4.78 is 6.31. The first-order valence-corrected chi connectivity index (χ1v) is 6.03. The average molecular weight is 284 g/mol. The molecule has 0 radical (unpaired) electrons. The monoisotopic (exact) mass is 283 g/mol. The molecule has 0 aromatic heterocycles. The molecule has 4 heteroatoms. The fourth-order valence-corrected chi connectivity index (χ4v) is 2.08. The minimum Gasteiger partial charge on any atom is -0.443 e. The number of anilines is 1. The first-order valence-electron chi connectivity index (χ1n) is 5.24. The lowest BCUT2D eigenvalue weighted by molar-refractivity contribution is 0.0236. The van der Waals surface area contributed by atoms with Gasteiger partial charge in [-0.15, -0.1) is 0 Å². The van der Waals surface area contributed by atoms with E-state index in [1.54, 1.807) is 4.90 Å². The van der Waals surface area contributed by atoms with Gasteiger partial charge in [-0.05, 0) is 32.0 Å². The minimum absolute atomic E-state index is 0.269. The van der Waals surface area contributed by atoms with Gasteiger partial charge in [0.15, 0.2) is 0 Å². The van der Waals surface area contributed by atoms with Crippen molar-refractivity contribution in [1.82, 2.24) is 0 Å². The van der Waals surface area contributed by atoms with Crippen LogP contribution in [0, 0.1) is 0 Å². The van der Waals surface area contributed by atoms with Gasteiger partial charge in [0.05, 0.1) is 0 Å². The minimum atomic E-state index is -0.348. The number of hydrogen-bond acceptors (Lipinski definition) is 2. The van der Waals surface area contributed by atoms with Crippen molar-refractivity contribution in [2.75, 3.05) is 11.4 Å². The predicted octanol–water partition coefficient (Wildman–Crippen LogP) is 3.57. The number of amides is 1. The third-order valence-corrected chi connectivity index (χ3v) is 3.13. The summed E-state index contributed by atoms with van der Waals surface area (Å²) in [6.45, 7) is 4.56. The van der Waals surface area contributed by atoms with Crippen LogP contribution in [-0.2, 0) is 4.74 Å². The fraction of sp³-hybridized carbons (Fsp3) is 0.417. The number of nitrogens with zero attached hydrogens (tertiary/aromatic N) is 1. The molecule has 0 saturated carbocycles. The molecule has 0 N–H and O–H groups in total. The van der Waals surface area contributed by atoms with Crippen LogP contribution in [0.25, 0.3) is 0 Å². The van der Waals surface area contributed by atoms with E-state index in [-0.39, 0.29) is 11.7 Å². The maximum Gasteiger partial charge on any atom is 0.414 e. The Morgan fingerprint density at radius 1 is 1.44 bits per heavy atom. The standard InChI is InChI=1S/C12H14BrNO2/c1-12(2)6-7-14(11(15)16-12)10-5-3-4-9(13)8-10/h3-5,8H,6-7H2,1-2H3. The number of hydrogen-bond donors (Lipinski definition) is 0. The molecule has 86 valence electrons. The lowest BCUT2D eigenvalue weighted by Gasteiger charge is -2.36. The number of carbonyl (C=O) groups excluding carboxylic acids is 1. The molecule has 0 atom stereocenters. The smallest absolute Gasteiger partial charge is 0.414 e. The van der Waals surface area contributed by atoms with Crippen LogP contribution in [0.3, 0.4) is 0 Å². The van der Waals surface area contributed by atoms with E-state index in [1.807, 2.05) is 38.1 Å². The van der Waals surface area contributed by atoms with Gasteiger partial charge >= 0.3 is 6.09 Å². The summed E-state index contributed by atoms with van der Waals surface area (Å²) in [7, 11) is 0. The molecule has 1 saturated heterocycles. The van der Waals surface area contributed by atoms with Gasteiger partial charge in [-0.25, -0.2) is 4.79 Å². The summed E-state index contributed by atoms with van der Waals surface area (Å²) >= 11 is 3.39. The van der Waals surface area contributed by atoms with Crippen molar-refractivity contribution < 1.29 is 9.53 Å². The molecule has 0 aliphatic carbocycles. The molecular formula is C12H14BrNO2. The maximum atomic E-state index is 11.8. The first-order chi connectivity index (χ1) is 7.48. The summed E-state index contributed by atoms with van der Waals surface area (Å²) in [5, 5.41) is 0. The Kier molecular flexibility index (Phi) is 2.93. The second kappa shape index (κ2) is 4.09. The van der Waals surface area contributed by atoms with Crippen molar-refractivity contribution in [1.29, 1.82) is 0 Å². The molecule has 1 aromatic rings. The lowest BCUT2D eigenvalue weighted by Crippen LogP contribution is -2.46. The van der Waals surface area contributed by atoms with Crippen LogP contribution in [0.5, 0.6) is 0 Å². The quantitative estimate of drug-likeness (QED) is 0.789. The van der Waals surface area contributed by atoms with E-state index in [1.165, 1.54) is 0 Å².